The lowest BCUT2D eigenvalue weighted by Gasteiger charge is -2.17. The maximum absolute atomic E-state index is 12.9. The Morgan fingerprint density at radius 3 is 2.58 bits per heavy atom. The lowest BCUT2D eigenvalue weighted by Crippen LogP contribution is -2.28. The summed E-state index contributed by atoms with van der Waals surface area (Å²) in [5.41, 5.74) is 2.61. The number of nitrogen functional groups attached to an aromatic ring is 1. The van der Waals surface area contributed by atoms with E-state index in [9.17, 15) is 9.18 Å². The predicted molar refractivity (Wildman–Crippen MR) is 101 cm³/mol. The van der Waals surface area contributed by atoms with Crippen LogP contribution in [0.5, 0.6) is 0 Å². The summed E-state index contributed by atoms with van der Waals surface area (Å²) >= 11 is 1.29. The van der Waals surface area contributed by atoms with Crippen LogP contribution in [0.3, 0.4) is 0 Å². The van der Waals surface area contributed by atoms with Crippen molar-refractivity contribution in [3.05, 3.63) is 72.2 Å². The predicted octanol–water partition coefficient (Wildman–Crippen LogP) is 3.15. The number of carbonyl (C=O) groups excluding carboxylic acids is 1. The molecule has 1 aromatic heterocycles. The smallest absolute Gasteiger partial charge is 0.233 e. The van der Waals surface area contributed by atoms with Crippen molar-refractivity contribution in [1.29, 1.82) is 0 Å². The minimum atomic E-state index is -0.290. The number of hydrogen-bond acceptors (Lipinski definition) is 4. The number of halogens is 1. The van der Waals surface area contributed by atoms with Gasteiger partial charge >= 0.3 is 0 Å². The van der Waals surface area contributed by atoms with Crippen LogP contribution in [-0.4, -0.2) is 33.3 Å². The van der Waals surface area contributed by atoms with Crippen LogP contribution in [0.1, 0.15) is 5.56 Å². The standard InChI is InChI=1S/C19H19FN4OS/c1-23(11-14-7-9-16(20)10-8-14)18(25)13-26-19-22-17(12-24(19)21)15-5-3-2-4-6-15/h2-10,12H,11,13,21H2,1H3. The van der Waals surface area contributed by atoms with E-state index >= 15 is 0 Å². The molecule has 2 aromatic carbocycles. The van der Waals surface area contributed by atoms with Crippen LogP contribution in [0.15, 0.2) is 66.0 Å². The first-order valence-electron chi connectivity index (χ1n) is 8.04. The average Bonchev–Trinajstić information content (AvgIpc) is 3.03. The van der Waals surface area contributed by atoms with E-state index in [0.29, 0.717) is 11.7 Å². The van der Waals surface area contributed by atoms with Gasteiger partial charge in [-0.3, -0.25) is 4.79 Å². The van der Waals surface area contributed by atoms with Gasteiger partial charge in [-0.25, -0.2) is 14.1 Å². The van der Waals surface area contributed by atoms with Crippen LogP contribution in [0.25, 0.3) is 11.3 Å². The van der Waals surface area contributed by atoms with Gasteiger partial charge in [0.05, 0.1) is 17.6 Å². The number of nitrogens with two attached hydrogens (primary N) is 1. The molecule has 2 N–H and O–H groups in total. The SMILES string of the molecule is CN(Cc1ccc(F)cc1)C(=O)CSc1nc(-c2ccccc2)cn1N. The third kappa shape index (κ3) is 4.43. The fraction of sp³-hybridized carbons (Fsp3) is 0.158. The molecule has 3 rings (SSSR count). The first kappa shape index (κ1) is 18.0. The number of nitrogens with zero attached hydrogens (tertiary/aromatic N) is 3. The van der Waals surface area contributed by atoms with Crippen molar-refractivity contribution in [2.24, 2.45) is 0 Å². The van der Waals surface area contributed by atoms with E-state index in [1.165, 1.54) is 28.6 Å². The third-order valence-electron chi connectivity index (χ3n) is 3.85. The van der Waals surface area contributed by atoms with Gasteiger partial charge in [-0.2, -0.15) is 0 Å². The Balaban J connectivity index is 1.59. The summed E-state index contributed by atoms with van der Waals surface area (Å²) in [6.45, 7) is 0.423. The second kappa shape index (κ2) is 8.05. The maximum Gasteiger partial charge on any atom is 0.233 e. The largest absolute Gasteiger partial charge is 0.341 e. The number of aromatic nitrogens is 2. The third-order valence-corrected chi connectivity index (χ3v) is 4.80. The number of thioether (sulfide) groups is 1. The maximum atomic E-state index is 12.9. The van der Waals surface area contributed by atoms with E-state index < -0.39 is 0 Å². The van der Waals surface area contributed by atoms with Gasteiger partial charge < -0.3 is 10.7 Å². The van der Waals surface area contributed by atoms with Crippen LogP contribution in [0, 0.1) is 5.82 Å². The van der Waals surface area contributed by atoms with E-state index in [2.05, 4.69) is 4.98 Å². The highest BCUT2D eigenvalue weighted by atomic mass is 32.2. The molecular formula is C19H19FN4OS. The van der Waals surface area contributed by atoms with Gasteiger partial charge in [0.15, 0.2) is 5.16 Å². The zero-order chi connectivity index (χ0) is 18.5. The summed E-state index contributed by atoms with van der Waals surface area (Å²) in [6, 6.07) is 15.8. The summed E-state index contributed by atoms with van der Waals surface area (Å²) < 4.78 is 14.4. The summed E-state index contributed by atoms with van der Waals surface area (Å²) in [5.74, 6) is 5.83. The Kier molecular flexibility index (Phi) is 5.58. The molecule has 0 aliphatic rings. The van der Waals surface area contributed by atoms with Crippen LogP contribution in [-0.2, 0) is 11.3 Å². The van der Waals surface area contributed by atoms with Gasteiger partial charge in [-0.1, -0.05) is 54.2 Å². The minimum absolute atomic E-state index is 0.0522. The quantitative estimate of drug-likeness (QED) is 0.535. The molecule has 0 radical (unpaired) electrons. The van der Waals surface area contributed by atoms with E-state index in [0.717, 1.165) is 16.8 Å². The molecule has 1 amide bonds. The molecule has 134 valence electrons. The van der Waals surface area contributed by atoms with Gasteiger partial charge in [0, 0.05) is 19.2 Å². The Hall–Kier alpha value is -2.80. The van der Waals surface area contributed by atoms with Crippen molar-refractivity contribution >= 4 is 17.7 Å². The van der Waals surface area contributed by atoms with Crippen LogP contribution in [0.4, 0.5) is 4.39 Å². The second-order valence-electron chi connectivity index (χ2n) is 5.85. The Bertz CT molecular complexity index is 880. The molecule has 0 atom stereocenters. The molecule has 0 saturated carbocycles. The number of benzene rings is 2. The first-order valence-corrected chi connectivity index (χ1v) is 9.02. The van der Waals surface area contributed by atoms with Crippen molar-refractivity contribution in [2.45, 2.75) is 11.7 Å². The second-order valence-corrected chi connectivity index (χ2v) is 6.79. The zero-order valence-corrected chi connectivity index (χ0v) is 15.1. The molecule has 0 saturated heterocycles. The fourth-order valence-electron chi connectivity index (χ4n) is 2.42. The average molecular weight is 370 g/mol. The zero-order valence-electron chi connectivity index (χ0n) is 14.3. The van der Waals surface area contributed by atoms with E-state index in [4.69, 9.17) is 5.84 Å². The van der Waals surface area contributed by atoms with Gasteiger partial charge in [0.25, 0.3) is 0 Å². The van der Waals surface area contributed by atoms with Crippen molar-refractivity contribution < 1.29 is 9.18 Å². The molecule has 26 heavy (non-hydrogen) atoms. The van der Waals surface area contributed by atoms with E-state index in [1.807, 2.05) is 30.3 Å². The molecule has 0 spiro atoms. The lowest BCUT2D eigenvalue weighted by atomic mass is 10.2. The molecule has 0 aliphatic heterocycles. The Morgan fingerprint density at radius 2 is 1.88 bits per heavy atom. The van der Waals surface area contributed by atoms with Crippen LogP contribution >= 0.6 is 11.8 Å². The van der Waals surface area contributed by atoms with Crippen LogP contribution < -0.4 is 5.84 Å². The highest BCUT2D eigenvalue weighted by molar-refractivity contribution is 7.99. The Labute approximate surface area is 155 Å². The topological polar surface area (TPSA) is 64.2 Å². The molecule has 0 unspecified atom stereocenters. The molecule has 0 fully saturated rings. The summed E-state index contributed by atoms with van der Waals surface area (Å²) in [6.07, 6.45) is 1.74. The molecule has 0 aliphatic carbocycles. The highest BCUT2D eigenvalue weighted by Gasteiger charge is 2.14. The molecule has 3 aromatic rings. The van der Waals surface area contributed by atoms with E-state index in [-0.39, 0.29) is 17.5 Å². The molecule has 1 heterocycles. The number of carbonyl (C=O) groups is 1. The number of rotatable bonds is 6. The normalized spacial score (nSPS) is 10.7. The number of amides is 1. The van der Waals surface area contributed by atoms with Crippen LogP contribution in [0.2, 0.25) is 0 Å². The van der Waals surface area contributed by atoms with Gasteiger partial charge in [0.1, 0.15) is 5.82 Å². The summed E-state index contributed by atoms with van der Waals surface area (Å²) in [4.78, 5) is 18.4. The molecule has 5 nitrogen and oxygen atoms in total. The first-order chi connectivity index (χ1) is 12.5. The summed E-state index contributed by atoms with van der Waals surface area (Å²) in [5, 5.41) is 0.576. The number of imidazole rings is 1. The fourth-order valence-corrected chi connectivity index (χ4v) is 3.26. The molecule has 0 bridgehead atoms. The highest BCUT2D eigenvalue weighted by Crippen LogP contribution is 2.23. The van der Waals surface area contributed by atoms with Crippen molar-refractivity contribution in [3.63, 3.8) is 0 Å². The molecular weight excluding hydrogens is 351 g/mol. The van der Waals surface area contributed by atoms with Crippen molar-refractivity contribution in [3.8, 4) is 11.3 Å². The van der Waals surface area contributed by atoms with Gasteiger partial charge in [-0.05, 0) is 17.7 Å². The molecule has 7 heteroatoms. The monoisotopic (exact) mass is 370 g/mol. The van der Waals surface area contributed by atoms with Gasteiger partial charge in [0.2, 0.25) is 5.91 Å². The lowest BCUT2D eigenvalue weighted by molar-refractivity contribution is -0.127. The number of hydrogen-bond donors (Lipinski definition) is 1. The van der Waals surface area contributed by atoms with Crippen molar-refractivity contribution in [2.75, 3.05) is 18.6 Å². The Morgan fingerprint density at radius 1 is 1.19 bits per heavy atom. The minimum Gasteiger partial charge on any atom is -0.341 e. The van der Waals surface area contributed by atoms with Crippen molar-refractivity contribution in [1.82, 2.24) is 14.6 Å². The summed E-state index contributed by atoms with van der Waals surface area (Å²) in [7, 11) is 1.72. The van der Waals surface area contributed by atoms with Gasteiger partial charge in [-0.15, -0.1) is 0 Å². The van der Waals surface area contributed by atoms with E-state index in [1.54, 1.807) is 30.3 Å².